The largest absolute Gasteiger partial charge is 0.401 e. The van der Waals surface area contributed by atoms with Crippen LogP contribution >= 0.6 is 0 Å². The van der Waals surface area contributed by atoms with Crippen molar-refractivity contribution < 1.29 is 13.2 Å². The average molecular weight is 283 g/mol. The third-order valence-electron chi connectivity index (χ3n) is 3.39. The van der Waals surface area contributed by atoms with E-state index in [2.05, 4.69) is 0 Å². The number of halogens is 3. The third kappa shape index (κ3) is 3.71. The predicted octanol–water partition coefficient (Wildman–Crippen LogP) is 2.39. The molecule has 1 aromatic carbocycles. The lowest BCUT2D eigenvalue weighted by molar-refractivity contribution is -0.148. The summed E-state index contributed by atoms with van der Waals surface area (Å²) in [6.45, 7) is -1.14. The number of alkyl halides is 3. The van der Waals surface area contributed by atoms with E-state index < -0.39 is 18.3 Å². The summed E-state index contributed by atoms with van der Waals surface area (Å²) in [4.78, 5) is 1.27. The van der Waals surface area contributed by atoms with E-state index in [4.69, 9.17) is 5.73 Å². The van der Waals surface area contributed by atoms with Crippen molar-refractivity contribution >= 4 is 0 Å². The fraction of sp³-hybridized carbons (Fsp3) is 0.500. The Balaban J connectivity index is 2.17. The SMILES string of the molecule is N#CC(N)(CN(CC(F)(F)F)C1CC1)c1ccccc1. The Morgan fingerprint density at radius 1 is 1.20 bits per heavy atom. The van der Waals surface area contributed by atoms with E-state index in [-0.39, 0.29) is 12.6 Å². The zero-order valence-corrected chi connectivity index (χ0v) is 10.9. The van der Waals surface area contributed by atoms with E-state index in [0.29, 0.717) is 5.56 Å². The lowest BCUT2D eigenvalue weighted by Gasteiger charge is -2.31. The molecule has 0 spiro atoms. The zero-order valence-electron chi connectivity index (χ0n) is 10.9. The molecule has 2 rings (SSSR count). The van der Waals surface area contributed by atoms with Gasteiger partial charge in [-0.15, -0.1) is 0 Å². The summed E-state index contributed by atoms with van der Waals surface area (Å²) in [6, 6.07) is 10.4. The molecule has 1 unspecified atom stereocenters. The monoisotopic (exact) mass is 283 g/mol. The van der Waals surface area contributed by atoms with Gasteiger partial charge in [0.15, 0.2) is 0 Å². The van der Waals surface area contributed by atoms with Gasteiger partial charge in [-0.05, 0) is 18.4 Å². The molecule has 0 saturated heterocycles. The van der Waals surface area contributed by atoms with Crippen molar-refractivity contribution in [1.29, 1.82) is 5.26 Å². The number of nitrogens with two attached hydrogens (primary N) is 1. The Morgan fingerprint density at radius 3 is 2.25 bits per heavy atom. The maximum Gasteiger partial charge on any atom is 0.401 e. The minimum absolute atomic E-state index is 0.113. The van der Waals surface area contributed by atoms with Crippen molar-refractivity contribution in [1.82, 2.24) is 4.90 Å². The minimum atomic E-state index is -4.28. The van der Waals surface area contributed by atoms with Gasteiger partial charge in [0.05, 0.1) is 12.6 Å². The molecule has 6 heteroatoms. The van der Waals surface area contributed by atoms with Crippen molar-refractivity contribution in [3.05, 3.63) is 35.9 Å². The normalized spacial score (nSPS) is 18.6. The standard InChI is InChI=1S/C14H16F3N3/c15-14(16,17)10-20(12-6-7-12)9-13(19,8-18)11-4-2-1-3-5-11/h1-5,12H,6-7,9-10,19H2. The summed E-state index contributed by atoms with van der Waals surface area (Å²) in [6.07, 6.45) is -2.82. The lowest BCUT2D eigenvalue weighted by atomic mass is 9.92. The second kappa shape index (κ2) is 5.43. The third-order valence-corrected chi connectivity index (χ3v) is 3.39. The van der Waals surface area contributed by atoms with Crippen LogP contribution in [0.4, 0.5) is 13.2 Å². The van der Waals surface area contributed by atoms with Crippen molar-refractivity contribution in [2.45, 2.75) is 30.6 Å². The van der Waals surface area contributed by atoms with Gasteiger partial charge in [0, 0.05) is 12.6 Å². The van der Waals surface area contributed by atoms with Crippen LogP contribution in [0.2, 0.25) is 0 Å². The summed E-state index contributed by atoms with van der Waals surface area (Å²) in [5.74, 6) is 0. The zero-order chi connectivity index (χ0) is 14.8. The van der Waals surface area contributed by atoms with Gasteiger partial charge < -0.3 is 5.73 Å². The highest BCUT2D eigenvalue weighted by atomic mass is 19.4. The Labute approximate surface area is 115 Å². The number of rotatable bonds is 5. The highest BCUT2D eigenvalue weighted by Gasteiger charge is 2.42. The minimum Gasteiger partial charge on any atom is -0.309 e. The summed E-state index contributed by atoms with van der Waals surface area (Å²) < 4.78 is 37.8. The Hall–Kier alpha value is -1.58. The molecule has 1 saturated carbocycles. The first kappa shape index (κ1) is 14.8. The second-order valence-electron chi connectivity index (χ2n) is 5.20. The molecule has 0 radical (unpaired) electrons. The fourth-order valence-electron chi connectivity index (χ4n) is 2.23. The molecule has 1 atom stereocenters. The molecule has 20 heavy (non-hydrogen) atoms. The van der Waals surface area contributed by atoms with Gasteiger partial charge in [-0.25, -0.2) is 0 Å². The highest BCUT2D eigenvalue weighted by molar-refractivity contribution is 5.31. The molecule has 0 aromatic heterocycles. The first-order valence-electron chi connectivity index (χ1n) is 6.40. The summed E-state index contributed by atoms with van der Waals surface area (Å²) >= 11 is 0. The quantitative estimate of drug-likeness (QED) is 0.902. The Kier molecular flexibility index (Phi) is 4.02. The number of hydrogen-bond acceptors (Lipinski definition) is 3. The average Bonchev–Trinajstić information content (AvgIpc) is 3.21. The number of nitriles is 1. The van der Waals surface area contributed by atoms with Crippen LogP contribution in [0.15, 0.2) is 30.3 Å². The smallest absolute Gasteiger partial charge is 0.309 e. The molecule has 1 aliphatic rings. The molecule has 2 N–H and O–H groups in total. The number of benzene rings is 1. The summed E-state index contributed by atoms with van der Waals surface area (Å²) in [5.41, 5.74) is 5.15. The fourth-order valence-corrected chi connectivity index (χ4v) is 2.23. The highest BCUT2D eigenvalue weighted by Crippen LogP contribution is 2.32. The maximum absolute atomic E-state index is 12.6. The van der Waals surface area contributed by atoms with Crippen LogP contribution in [0.25, 0.3) is 0 Å². The van der Waals surface area contributed by atoms with Gasteiger partial charge in [-0.3, -0.25) is 4.90 Å². The second-order valence-corrected chi connectivity index (χ2v) is 5.20. The van der Waals surface area contributed by atoms with Crippen LogP contribution < -0.4 is 5.73 Å². The van der Waals surface area contributed by atoms with Crippen LogP contribution in [0.1, 0.15) is 18.4 Å². The number of hydrogen-bond donors (Lipinski definition) is 1. The first-order chi connectivity index (χ1) is 9.34. The molecular weight excluding hydrogens is 267 g/mol. The molecule has 0 amide bonds. The van der Waals surface area contributed by atoms with E-state index in [9.17, 15) is 18.4 Å². The van der Waals surface area contributed by atoms with E-state index in [1.165, 1.54) is 4.90 Å². The van der Waals surface area contributed by atoms with Crippen molar-refractivity contribution in [3.8, 4) is 6.07 Å². The molecule has 0 aliphatic heterocycles. The van der Waals surface area contributed by atoms with Crippen LogP contribution in [0.5, 0.6) is 0 Å². The number of nitrogens with zero attached hydrogens (tertiary/aromatic N) is 2. The molecule has 1 aliphatic carbocycles. The summed E-state index contributed by atoms with van der Waals surface area (Å²) in [7, 11) is 0. The van der Waals surface area contributed by atoms with Crippen molar-refractivity contribution in [2.75, 3.05) is 13.1 Å². The topological polar surface area (TPSA) is 53.1 Å². The first-order valence-corrected chi connectivity index (χ1v) is 6.40. The molecule has 0 bridgehead atoms. The van der Waals surface area contributed by atoms with Crippen LogP contribution in [0, 0.1) is 11.3 Å². The van der Waals surface area contributed by atoms with Gasteiger partial charge in [0.25, 0.3) is 0 Å². The molecular formula is C14H16F3N3. The predicted molar refractivity (Wildman–Crippen MR) is 68.6 cm³/mol. The van der Waals surface area contributed by atoms with E-state index in [1.807, 2.05) is 6.07 Å². The van der Waals surface area contributed by atoms with Crippen molar-refractivity contribution in [3.63, 3.8) is 0 Å². The maximum atomic E-state index is 12.6. The molecule has 1 aromatic rings. The van der Waals surface area contributed by atoms with E-state index in [1.54, 1.807) is 30.3 Å². The Bertz CT molecular complexity index is 491. The summed E-state index contributed by atoms with van der Waals surface area (Å²) in [5, 5.41) is 9.31. The Morgan fingerprint density at radius 2 is 1.80 bits per heavy atom. The molecule has 1 fully saturated rings. The van der Waals surface area contributed by atoms with Gasteiger partial charge in [-0.1, -0.05) is 30.3 Å². The molecule has 3 nitrogen and oxygen atoms in total. The van der Waals surface area contributed by atoms with E-state index in [0.717, 1.165) is 12.8 Å². The van der Waals surface area contributed by atoms with Crippen molar-refractivity contribution in [2.24, 2.45) is 5.73 Å². The van der Waals surface area contributed by atoms with Gasteiger partial charge in [0.1, 0.15) is 5.54 Å². The van der Waals surface area contributed by atoms with Crippen LogP contribution in [-0.2, 0) is 5.54 Å². The van der Waals surface area contributed by atoms with E-state index >= 15 is 0 Å². The molecule has 0 heterocycles. The van der Waals surface area contributed by atoms with Crippen LogP contribution in [-0.4, -0.2) is 30.2 Å². The van der Waals surface area contributed by atoms with Gasteiger partial charge >= 0.3 is 6.18 Å². The van der Waals surface area contributed by atoms with Gasteiger partial charge in [0.2, 0.25) is 0 Å². The lowest BCUT2D eigenvalue weighted by Crippen LogP contribution is -2.49. The van der Waals surface area contributed by atoms with Gasteiger partial charge in [-0.2, -0.15) is 18.4 Å². The molecule has 108 valence electrons. The van der Waals surface area contributed by atoms with Crippen LogP contribution in [0.3, 0.4) is 0 Å².